The number of nitrogens with one attached hydrogen (secondary N) is 1. The van der Waals surface area contributed by atoms with Gasteiger partial charge < -0.3 is 40.7 Å². The fourth-order valence-electron chi connectivity index (χ4n) is 6.86. The van der Waals surface area contributed by atoms with Crippen molar-refractivity contribution in [3.8, 4) is 40.9 Å². The number of ketones is 2. The minimum atomic E-state index is -2.31. The van der Waals surface area contributed by atoms with Gasteiger partial charge in [-0.1, -0.05) is 23.7 Å². The molecule has 1 fully saturated rings. The third-order valence-corrected chi connectivity index (χ3v) is 8.90. The predicted octanol–water partition coefficient (Wildman–Crippen LogP) is 0.223. The van der Waals surface area contributed by atoms with E-state index in [2.05, 4.69) is 33.7 Å². The van der Waals surface area contributed by atoms with E-state index in [1.165, 1.54) is 25.1 Å². The summed E-state index contributed by atoms with van der Waals surface area (Å²) < 4.78 is 4.67. The second-order valence-electron chi connectivity index (χ2n) is 10.7. The van der Waals surface area contributed by atoms with Crippen LogP contribution in [-0.4, -0.2) is 79.1 Å². The molecule has 0 amide bonds. The summed E-state index contributed by atoms with van der Waals surface area (Å²) in [4.78, 5) is 39.8. The Bertz CT molecular complexity index is 1770. The highest BCUT2D eigenvalue weighted by Crippen LogP contribution is 2.77. The van der Waals surface area contributed by atoms with Crippen molar-refractivity contribution in [1.82, 2.24) is 0 Å². The molecule has 6 atom stereocenters. The molecule has 0 aromatic heterocycles. The Morgan fingerprint density at radius 3 is 2.44 bits per heavy atom. The van der Waals surface area contributed by atoms with E-state index < -0.39 is 75.0 Å². The van der Waals surface area contributed by atoms with Gasteiger partial charge in [-0.25, -0.2) is 4.79 Å². The molecule has 11 heteroatoms. The van der Waals surface area contributed by atoms with Crippen LogP contribution in [0.3, 0.4) is 0 Å². The van der Waals surface area contributed by atoms with Crippen LogP contribution >= 0.6 is 0 Å². The lowest BCUT2D eigenvalue weighted by Gasteiger charge is -2.47. The van der Waals surface area contributed by atoms with E-state index in [1.807, 2.05) is 0 Å². The second-order valence-corrected chi connectivity index (χ2v) is 10.7. The Morgan fingerprint density at radius 2 is 1.76 bits per heavy atom. The molecule has 2 aromatic rings. The van der Waals surface area contributed by atoms with Gasteiger partial charge in [-0.2, -0.15) is 0 Å². The number of hydrogen-bond donors (Lipinski definition) is 7. The lowest BCUT2D eigenvalue weighted by molar-refractivity contribution is -0.177. The van der Waals surface area contributed by atoms with Crippen molar-refractivity contribution >= 4 is 23.2 Å². The summed E-state index contributed by atoms with van der Waals surface area (Å²) in [6, 6.07) is 2.23. The zero-order valence-corrected chi connectivity index (χ0v) is 21.6. The quantitative estimate of drug-likeness (QED) is 0.101. The number of carbonyl (C=O) groups excluding carboxylic acids is 3. The van der Waals surface area contributed by atoms with E-state index >= 15 is 0 Å². The summed E-state index contributed by atoms with van der Waals surface area (Å²) in [6.07, 6.45) is -1.01. The number of hydrogen-bond acceptors (Lipinski definition) is 11. The molecular weight excluding hydrogens is 534 g/mol. The van der Waals surface area contributed by atoms with Gasteiger partial charge in [-0.05, 0) is 49.3 Å². The molecule has 6 rings (SSSR count). The van der Waals surface area contributed by atoms with Gasteiger partial charge in [-0.3, -0.25) is 9.59 Å². The van der Waals surface area contributed by atoms with Crippen LogP contribution in [0.4, 0.5) is 5.69 Å². The third-order valence-electron chi connectivity index (χ3n) is 8.90. The van der Waals surface area contributed by atoms with E-state index in [1.54, 1.807) is 0 Å². The monoisotopic (exact) mass is 557 g/mol. The molecule has 0 spiro atoms. The number of phenolic OH excluding ortho intramolecular Hbond substituents is 3. The highest BCUT2D eigenvalue weighted by atomic mass is 16.5. The summed E-state index contributed by atoms with van der Waals surface area (Å²) >= 11 is 0. The molecule has 1 aliphatic heterocycles. The topological polar surface area (TPSA) is 194 Å². The number of carbonyl (C=O) groups is 3. The molecule has 2 aromatic carbocycles. The zero-order valence-electron chi connectivity index (χ0n) is 21.6. The summed E-state index contributed by atoms with van der Waals surface area (Å²) in [6.45, 7) is 1.20. The van der Waals surface area contributed by atoms with Gasteiger partial charge in [-0.15, -0.1) is 0 Å². The first-order valence-electron chi connectivity index (χ1n) is 12.5. The maximum Gasteiger partial charge on any atom is 0.337 e. The maximum atomic E-state index is 13.9. The first kappa shape index (κ1) is 26.4. The van der Waals surface area contributed by atoms with Gasteiger partial charge in [0.2, 0.25) is 5.78 Å². The van der Waals surface area contributed by atoms with Crippen molar-refractivity contribution in [2.75, 3.05) is 12.4 Å². The second kappa shape index (κ2) is 8.35. The van der Waals surface area contributed by atoms with Gasteiger partial charge in [0.05, 0.1) is 35.5 Å². The first-order chi connectivity index (χ1) is 19.4. The number of anilines is 1. The molecule has 2 unspecified atom stereocenters. The summed E-state index contributed by atoms with van der Waals surface area (Å²) in [7, 11) is 1.03. The number of rotatable bonds is 3. The van der Waals surface area contributed by atoms with Crippen LogP contribution in [0.15, 0.2) is 30.4 Å². The standard InChI is InChI=1S/C30H23NO10/c1-28(40,26(38)27(39)41-2)30-12-29(30)14-11-16(33)20-21(22(14)31-17(30)7-5-3-4-6-8-18(29)34)25(37)19-13(23(20)35)9-10-15(32)24(19)36/h3-4,9-11,17-18,26,31-34,36,38,40H,12H2,1-2H3/b4-3-/t17-,18+,26?,28?,29+,30-/m0/s1. The van der Waals surface area contributed by atoms with Crippen molar-refractivity contribution in [3.63, 3.8) is 0 Å². The summed E-state index contributed by atoms with van der Waals surface area (Å²) in [5.74, 6) is 6.10. The lowest BCUT2D eigenvalue weighted by Crippen LogP contribution is -2.62. The molecule has 11 nitrogen and oxygen atoms in total. The molecule has 41 heavy (non-hydrogen) atoms. The normalized spacial score (nSPS) is 29.2. The predicted molar refractivity (Wildman–Crippen MR) is 140 cm³/mol. The van der Waals surface area contributed by atoms with E-state index in [0.29, 0.717) is 0 Å². The molecule has 7 N–H and O–H groups in total. The van der Waals surface area contributed by atoms with Crippen LogP contribution in [0.25, 0.3) is 0 Å². The Hall–Kier alpha value is -4.81. The van der Waals surface area contributed by atoms with Crippen LogP contribution in [0.1, 0.15) is 50.8 Å². The molecule has 0 radical (unpaired) electrons. The smallest absolute Gasteiger partial charge is 0.337 e. The fourth-order valence-corrected chi connectivity index (χ4v) is 6.86. The Balaban J connectivity index is 1.68. The van der Waals surface area contributed by atoms with Crippen molar-refractivity contribution in [1.29, 1.82) is 0 Å². The number of fused-ring (bicyclic) bond motifs is 4. The van der Waals surface area contributed by atoms with Crippen molar-refractivity contribution in [2.45, 2.75) is 42.6 Å². The maximum absolute atomic E-state index is 13.9. The third kappa shape index (κ3) is 3.03. The van der Waals surface area contributed by atoms with Gasteiger partial charge in [0.15, 0.2) is 23.4 Å². The van der Waals surface area contributed by atoms with Crippen LogP contribution in [-0.2, 0) is 14.9 Å². The zero-order chi connectivity index (χ0) is 29.6. The van der Waals surface area contributed by atoms with E-state index in [0.717, 1.165) is 19.2 Å². The average Bonchev–Trinajstić information content (AvgIpc) is 3.68. The fraction of sp³-hybridized carbons (Fsp3) is 0.300. The van der Waals surface area contributed by atoms with Crippen molar-refractivity contribution in [3.05, 3.63) is 58.2 Å². The minimum Gasteiger partial charge on any atom is -0.507 e. The molecule has 1 heterocycles. The molecule has 2 bridgehead atoms. The SMILES string of the molecule is COC(=O)C(O)C(C)(O)[C@@]12C[C@]13c1cc(O)c4c(c1N[C@H]2C#C/C=C\C#C[C@H]3O)C(=O)c1c(ccc(O)c1O)C4=O. The van der Waals surface area contributed by atoms with E-state index in [9.17, 15) is 45.0 Å². The number of aromatic hydroxyl groups is 3. The van der Waals surface area contributed by atoms with Crippen LogP contribution in [0, 0.1) is 29.1 Å². The Labute approximate surface area is 232 Å². The molecule has 208 valence electrons. The van der Waals surface area contributed by atoms with E-state index in [4.69, 9.17) is 0 Å². The molecule has 1 saturated carbocycles. The number of allylic oxidation sites excluding steroid dienone is 2. The number of benzene rings is 2. The highest BCUT2D eigenvalue weighted by Gasteiger charge is 2.84. The first-order valence-corrected chi connectivity index (χ1v) is 12.5. The minimum absolute atomic E-state index is 0.0225. The number of aliphatic hydroxyl groups is 3. The van der Waals surface area contributed by atoms with Crippen molar-refractivity contribution in [2.24, 2.45) is 5.41 Å². The average molecular weight is 558 g/mol. The number of aliphatic hydroxyl groups excluding tert-OH is 2. The number of phenols is 3. The van der Waals surface area contributed by atoms with Crippen LogP contribution in [0.2, 0.25) is 0 Å². The number of methoxy groups -OCH3 is 1. The van der Waals surface area contributed by atoms with Gasteiger partial charge in [0.1, 0.15) is 17.5 Å². The van der Waals surface area contributed by atoms with Crippen LogP contribution in [0.5, 0.6) is 17.2 Å². The number of esters is 1. The summed E-state index contributed by atoms with van der Waals surface area (Å²) in [5.41, 5.74) is -6.94. The van der Waals surface area contributed by atoms with Crippen LogP contribution < -0.4 is 5.32 Å². The largest absolute Gasteiger partial charge is 0.507 e. The van der Waals surface area contributed by atoms with Gasteiger partial charge in [0.25, 0.3) is 0 Å². The molecule has 3 aliphatic carbocycles. The highest BCUT2D eigenvalue weighted by molar-refractivity contribution is 6.32. The van der Waals surface area contributed by atoms with Gasteiger partial charge in [0, 0.05) is 16.4 Å². The Kier molecular flexibility index (Phi) is 5.38. The molecular formula is C30H23NO10. The number of ether oxygens (including phenoxy) is 1. The Morgan fingerprint density at radius 1 is 1.07 bits per heavy atom. The van der Waals surface area contributed by atoms with E-state index in [-0.39, 0.29) is 34.4 Å². The summed E-state index contributed by atoms with van der Waals surface area (Å²) in [5, 5.41) is 69.1. The van der Waals surface area contributed by atoms with Gasteiger partial charge >= 0.3 is 5.97 Å². The lowest BCUT2D eigenvalue weighted by atomic mass is 9.64. The van der Waals surface area contributed by atoms with Crippen molar-refractivity contribution < 1.29 is 49.8 Å². The molecule has 4 aliphatic rings. The molecule has 0 saturated heterocycles.